The van der Waals surface area contributed by atoms with Crippen molar-refractivity contribution in [3.63, 3.8) is 0 Å². The highest BCUT2D eigenvalue weighted by Crippen LogP contribution is 2.29. The first-order valence-electron chi connectivity index (χ1n) is 6.18. The van der Waals surface area contributed by atoms with Crippen LogP contribution in [-0.4, -0.2) is 16.8 Å². The fourth-order valence-corrected chi connectivity index (χ4v) is 2.60. The zero-order chi connectivity index (χ0) is 14.5. The standard InChI is InChI=1S/C15H15Cl2NO2/c16-12-5-2-6-13(17)15(12)14(20)9-18-8-10-3-1-4-11(19)7-10/h1-7,14,18-20H,8-9H2. The van der Waals surface area contributed by atoms with Gasteiger partial charge in [-0.3, -0.25) is 0 Å². The zero-order valence-corrected chi connectivity index (χ0v) is 12.2. The van der Waals surface area contributed by atoms with Gasteiger partial charge in [0, 0.05) is 28.7 Å². The molecule has 2 aromatic rings. The van der Waals surface area contributed by atoms with E-state index in [-0.39, 0.29) is 5.75 Å². The molecule has 0 saturated carbocycles. The molecule has 0 amide bonds. The molecule has 0 bridgehead atoms. The van der Waals surface area contributed by atoms with Gasteiger partial charge in [0.05, 0.1) is 6.10 Å². The maximum absolute atomic E-state index is 10.1. The largest absolute Gasteiger partial charge is 0.508 e. The second-order valence-corrected chi connectivity index (χ2v) is 5.27. The summed E-state index contributed by atoms with van der Waals surface area (Å²) in [5, 5.41) is 23.5. The van der Waals surface area contributed by atoms with Crippen LogP contribution in [0.25, 0.3) is 0 Å². The molecule has 5 heteroatoms. The van der Waals surface area contributed by atoms with Gasteiger partial charge >= 0.3 is 0 Å². The molecule has 0 heterocycles. The Kier molecular flexibility index (Phi) is 5.26. The van der Waals surface area contributed by atoms with Crippen LogP contribution in [0.5, 0.6) is 5.75 Å². The van der Waals surface area contributed by atoms with E-state index in [0.717, 1.165) is 5.56 Å². The molecular formula is C15H15Cl2NO2. The van der Waals surface area contributed by atoms with Gasteiger partial charge in [0.1, 0.15) is 5.75 Å². The van der Waals surface area contributed by atoms with Crippen molar-refractivity contribution in [3.8, 4) is 5.75 Å². The molecular weight excluding hydrogens is 297 g/mol. The van der Waals surface area contributed by atoms with Crippen LogP contribution in [0.1, 0.15) is 17.2 Å². The Labute approximate surface area is 127 Å². The number of aromatic hydroxyl groups is 1. The second-order valence-electron chi connectivity index (χ2n) is 4.45. The molecule has 0 spiro atoms. The Bertz CT molecular complexity index is 570. The quantitative estimate of drug-likeness (QED) is 0.792. The van der Waals surface area contributed by atoms with Crippen LogP contribution < -0.4 is 5.32 Å². The molecule has 0 aliphatic carbocycles. The molecule has 0 radical (unpaired) electrons. The number of halogens is 2. The summed E-state index contributed by atoms with van der Waals surface area (Å²) in [5.74, 6) is 0.221. The summed E-state index contributed by atoms with van der Waals surface area (Å²) in [6.45, 7) is 0.854. The number of benzene rings is 2. The van der Waals surface area contributed by atoms with E-state index in [4.69, 9.17) is 23.2 Å². The summed E-state index contributed by atoms with van der Waals surface area (Å²) in [6.07, 6.45) is -0.784. The first-order valence-corrected chi connectivity index (χ1v) is 6.94. The number of phenols is 1. The summed E-state index contributed by atoms with van der Waals surface area (Å²) < 4.78 is 0. The van der Waals surface area contributed by atoms with E-state index in [0.29, 0.717) is 28.7 Å². The molecule has 0 fully saturated rings. The molecule has 0 aromatic heterocycles. The monoisotopic (exact) mass is 311 g/mol. The number of phenolic OH excluding ortho intramolecular Hbond substituents is 1. The lowest BCUT2D eigenvalue weighted by Gasteiger charge is -2.15. The van der Waals surface area contributed by atoms with E-state index in [9.17, 15) is 10.2 Å². The molecule has 3 N–H and O–H groups in total. The Morgan fingerprint density at radius 2 is 1.70 bits per heavy atom. The van der Waals surface area contributed by atoms with Gasteiger partial charge < -0.3 is 15.5 Å². The third-order valence-corrected chi connectivity index (χ3v) is 3.57. The lowest BCUT2D eigenvalue weighted by Crippen LogP contribution is -2.21. The highest BCUT2D eigenvalue weighted by molar-refractivity contribution is 6.36. The van der Waals surface area contributed by atoms with Gasteiger partial charge in [0.2, 0.25) is 0 Å². The molecule has 2 aromatic carbocycles. The van der Waals surface area contributed by atoms with Crippen LogP contribution in [-0.2, 0) is 6.54 Å². The van der Waals surface area contributed by atoms with Crippen molar-refractivity contribution in [2.45, 2.75) is 12.6 Å². The smallest absolute Gasteiger partial charge is 0.115 e. The summed E-state index contributed by atoms with van der Waals surface area (Å²) in [6, 6.07) is 12.1. The van der Waals surface area contributed by atoms with Crippen molar-refractivity contribution in [2.75, 3.05) is 6.54 Å². The summed E-state index contributed by atoms with van der Waals surface area (Å²) in [5.41, 5.74) is 1.46. The average Bonchev–Trinajstić information content (AvgIpc) is 2.38. The fraction of sp³-hybridized carbons (Fsp3) is 0.200. The van der Waals surface area contributed by atoms with Gasteiger partial charge in [0.15, 0.2) is 0 Å². The number of hydrogen-bond acceptors (Lipinski definition) is 3. The number of hydrogen-bond donors (Lipinski definition) is 3. The normalized spacial score (nSPS) is 12.3. The molecule has 2 rings (SSSR count). The van der Waals surface area contributed by atoms with E-state index in [1.165, 1.54) is 0 Å². The molecule has 3 nitrogen and oxygen atoms in total. The first kappa shape index (κ1) is 15.1. The van der Waals surface area contributed by atoms with Crippen LogP contribution in [0.15, 0.2) is 42.5 Å². The summed E-state index contributed by atoms with van der Waals surface area (Å²) in [4.78, 5) is 0. The van der Waals surface area contributed by atoms with Crippen molar-refractivity contribution in [1.82, 2.24) is 5.32 Å². The SMILES string of the molecule is Oc1cccc(CNCC(O)c2c(Cl)cccc2Cl)c1. The van der Waals surface area contributed by atoms with Gasteiger partial charge in [-0.1, -0.05) is 41.4 Å². The van der Waals surface area contributed by atoms with Crippen LogP contribution in [0.4, 0.5) is 0 Å². The lowest BCUT2D eigenvalue weighted by atomic mass is 10.1. The number of rotatable bonds is 5. The van der Waals surface area contributed by atoms with Gasteiger partial charge in [-0.2, -0.15) is 0 Å². The topological polar surface area (TPSA) is 52.5 Å². The Morgan fingerprint density at radius 3 is 2.35 bits per heavy atom. The van der Waals surface area contributed by atoms with E-state index < -0.39 is 6.10 Å². The maximum Gasteiger partial charge on any atom is 0.115 e. The second kappa shape index (κ2) is 6.95. The molecule has 20 heavy (non-hydrogen) atoms. The van der Waals surface area contributed by atoms with Crippen molar-refractivity contribution in [2.24, 2.45) is 0 Å². The van der Waals surface area contributed by atoms with Crippen molar-refractivity contribution >= 4 is 23.2 Å². The van der Waals surface area contributed by atoms with E-state index in [1.54, 1.807) is 36.4 Å². The van der Waals surface area contributed by atoms with Gasteiger partial charge in [0.25, 0.3) is 0 Å². The van der Waals surface area contributed by atoms with Gasteiger partial charge in [-0.15, -0.1) is 0 Å². The van der Waals surface area contributed by atoms with E-state index >= 15 is 0 Å². The molecule has 0 aliphatic rings. The molecule has 0 aliphatic heterocycles. The molecule has 1 atom stereocenters. The summed E-state index contributed by atoms with van der Waals surface area (Å²) in [7, 11) is 0. The van der Waals surface area contributed by atoms with Crippen molar-refractivity contribution in [3.05, 3.63) is 63.6 Å². The molecule has 0 saturated heterocycles. The van der Waals surface area contributed by atoms with Crippen molar-refractivity contribution < 1.29 is 10.2 Å². The molecule has 1 unspecified atom stereocenters. The highest BCUT2D eigenvalue weighted by Gasteiger charge is 2.14. The Morgan fingerprint density at radius 1 is 1.05 bits per heavy atom. The molecule has 106 valence electrons. The predicted octanol–water partition coefficient (Wildman–Crippen LogP) is 3.52. The summed E-state index contributed by atoms with van der Waals surface area (Å²) >= 11 is 12.1. The van der Waals surface area contributed by atoms with E-state index in [1.807, 2.05) is 6.07 Å². The third kappa shape index (κ3) is 3.87. The van der Waals surface area contributed by atoms with Crippen molar-refractivity contribution in [1.29, 1.82) is 0 Å². The van der Waals surface area contributed by atoms with Crippen LogP contribution in [0.3, 0.4) is 0 Å². The number of aliphatic hydroxyl groups is 1. The maximum atomic E-state index is 10.1. The third-order valence-electron chi connectivity index (χ3n) is 2.91. The van der Waals surface area contributed by atoms with Gasteiger partial charge in [-0.25, -0.2) is 0 Å². The number of nitrogens with one attached hydrogen (secondary N) is 1. The predicted molar refractivity (Wildman–Crippen MR) is 81.2 cm³/mol. The fourth-order valence-electron chi connectivity index (χ4n) is 1.95. The van der Waals surface area contributed by atoms with Crippen LogP contribution in [0, 0.1) is 0 Å². The Hall–Kier alpha value is -1.26. The average molecular weight is 312 g/mol. The minimum absolute atomic E-state index is 0.221. The van der Waals surface area contributed by atoms with Gasteiger partial charge in [-0.05, 0) is 29.8 Å². The zero-order valence-electron chi connectivity index (χ0n) is 10.7. The minimum atomic E-state index is -0.784. The first-order chi connectivity index (χ1) is 9.58. The van der Waals surface area contributed by atoms with E-state index in [2.05, 4.69) is 5.32 Å². The minimum Gasteiger partial charge on any atom is -0.508 e. The van der Waals surface area contributed by atoms with Crippen LogP contribution >= 0.6 is 23.2 Å². The Balaban J connectivity index is 1.94. The number of aliphatic hydroxyl groups excluding tert-OH is 1. The highest BCUT2D eigenvalue weighted by atomic mass is 35.5. The lowest BCUT2D eigenvalue weighted by molar-refractivity contribution is 0.174. The van der Waals surface area contributed by atoms with Crippen LogP contribution in [0.2, 0.25) is 10.0 Å².